The van der Waals surface area contributed by atoms with Crippen molar-refractivity contribution in [2.45, 2.75) is 185 Å². The summed E-state index contributed by atoms with van der Waals surface area (Å²) in [5, 5.41) is 58.1. The number of hydrogen-bond acceptors (Lipinski definition) is 14. The molecule has 0 aromatic carbocycles. The van der Waals surface area contributed by atoms with Crippen molar-refractivity contribution in [2.75, 3.05) is 34.8 Å². The van der Waals surface area contributed by atoms with Crippen LogP contribution in [0.2, 0.25) is 0 Å². The fourth-order valence-corrected chi connectivity index (χ4v) is 8.74. The number of likely N-dealkylation sites (N-methyl/N-ethyl adjacent to an activating group) is 2. The second kappa shape index (κ2) is 17.8. The Hall–Kier alpha value is -1.01. The maximum atomic E-state index is 14.2. The first-order chi connectivity index (χ1) is 23.9. The SMILES string of the molecule is CC[C@H]1OC(=O)[C@@H](C)[C@@H](OC2CC(C)(OC)C(O)C(C)O2)[C@H](C)[C@@H](OC2OC(C)CC(N(C)C)C2O)C(C)(O)C[C@@H](C)CN(C)[C@@H](C)[C@H](O)C1(C)O. The Bertz CT molecular complexity index is 1140. The molecule has 3 saturated heterocycles. The van der Waals surface area contributed by atoms with Crippen molar-refractivity contribution in [3.8, 4) is 0 Å². The van der Waals surface area contributed by atoms with Crippen molar-refractivity contribution < 1.29 is 58.7 Å². The van der Waals surface area contributed by atoms with Gasteiger partial charge in [-0.3, -0.25) is 4.79 Å². The molecule has 52 heavy (non-hydrogen) atoms. The van der Waals surface area contributed by atoms with Crippen molar-refractivity contribution in [1.82, 2.24) is 9.80 Å². The molecular weight excluding hydrogens is 676 g/mol. The molecule has 0 spiro atoms. The van der Waals surface area contributed by atoms with Crippen molar-refractivity contribution in [2.24, 2.45) is 17.8 Å². The molecule has 10 unspecified atom stereocenters. The minimum absolute atomic E-state index is 0.133. The number of methoxy groups -OCH3 is 1. The topological polar surface area (TPSA) is 180 Å². The molecule has 3 rings (SSSR count). The number of carbonyl (C=O) groups is 1. The Balaban J connectivity index is 2.17. The molecule has 14 nitrogen and oxygen atoms in total. The summed E-state index contributed by atoms with van der Waals surface area (Å²) in [5.41, 5.74) is -4.37. The highest BCUT2D eigenvalue weighted by atomic mass is 16.7. The van der Waals surface area contributed by atoms with Crippen LogP contribution in [0.3, 0.4) is 0 Å². The van der Waals surface area contributed by atoms with E-state index in [1.54, 1.807) is 41.5 Å². The van der Waals surface area contributed by atoms with E-state index in [1.165, 1.54) is 14.0 Å². The van der Waals surface area contributed by atoms with Gasteiger partial charge in [-0.1, -0.05) is 20.8 Å². The fourth-order valence-electron chi connectivity index (χ4n) is 8.74. The summed E-state index contributed by atoms with van der Waals surface area (Å²) >= 11 is 0. The van der Waals surface area contributed by atoms with E-state index in [0.717, 1.165) is 0 Å². The molecule has 0 aliphatic carbocycles. The molecule has 5 N–H and O–H groups in total. The Labute approximate surface area is 312 Å². The Morgan fingerprint density at radius 1 is 0.942 bits per heavy atom. The van der Waals surface area contributed by atoms with Crippen molar-refractivity contribution in [3.63, 3.8) is 0 Å². The van der Waals surface area contributed by atoms with Crippen LogP contribution in [0.25, 0.3) is 0 Å². The maximum absolute atomic E-state index is 14.2. The van der Waals surface area contributed by atoms with Gasteiger partial charge < -0.3 is 63.8 Å². The Morgan fingerprint density at radius 2 is 1.56 bits per heavy atom. The summed E-state index contributed by atoms with van der Waals surface area (Å²) < 4.78 is 37.5. The zero-order valence-corrected chi connectivity index (χ0v) is 34.2. The van der Waals surface area contributed by atoms with E-state index < -0.39 is 96.0 Å². The van der Waals surface area contributed by atoms with Crippen molar-refractivity contribution in [3.05, 3.63) is 0 Å². The first kappa shape index (κ1) is 45.4. The largest absolute Gasteiger partial charge is 0.459 e. The number of carbonyl (C=O) groups excluding carboxylic acids is 1. The van der Waals surface area contributed by atoms with E-state index in [0.29, 0.717) is 13.0 Å². The molecule has 0 amide bonds. The van der Waals surface area contributed by atoms with Crippen LogP contribution in [-0.4, -0.2) is 166 Å². The molecule has 3 fully saturated rings. The van der Waals surface area contributed by atoms with Crippen molar-refractivity contribution >= 4 is 5.97 Å². The van der Waals surface area contributed by atoms with Gasteiger partial charge in [-0.25, -0.2) is 0 Å². The van der Waals surface area contributed by atoms with E-state index in [2.05, 4.69) is 0 Å². The molecule has 3 aliphatic rings. The van der Waals surface area contributed by atoms with Gasteiger partial charge in [-0.15, -0.1) is 0 Å². The summed E-state index contributed by atoms with van der Waals surface area (Å²) in [7, 11) is 7.12. The highest BCUT2D eigenvalue weighted by Gasteiger charge is 2.52. The molecule has 0 saturated carbocycles. The number of nitrogens with zero attached hydrogens (tertiary/aromatic N) is 2. The number of hydrogen-bond donors (Lipinski definition) is 5. The van der Waals surface area contributed by atoms with Crippen LogP contribution in [0, 0.1) is 17.8 Å². The highest BCUT2D eigenvalue weighted by molar-refractivity contribution is 5.73. The van der Waals surface area contributed by atoms with E-state index in [4.69, 9.17) is 28.4 Å². The average molecular weight is 749 g/mol. The third-order valence-electron chi connectivity index (χ3n) is 12.2. The Morgan fingerprint density at radius 3 is 2.12 bits per heavy atom. The lowest BCUT2D eigenvalue weighted by Crippen LogP contribution is -2.60. The molecule has 306 valence electrons. The molecular formula is C38H72N2O12. The normalized spacial score (nSPS) is 49.6. The lowest BCUT2D eigenvalue weighted by Gasteiger charge is -2.48. The first-order valence-corrected chi connectivity index (χ1v) is 19.1. The molecule has 0 aromatic rings. The van der Waals surface area contributed by atoms with Crippen LogP contribution >= 0.6 is 0 Å². The highest BCUT2D eigenvalue weighted by Crippen LogP contribution is 2.40. The summed E-state index contributed by atoms with van der Waals surface area (Å²) in [4.78, 5) is 18.0. The van der Waals surface area contributed by atoms with E-state index in [1.807, 2.05) is 51.7 Å². The van der Waals surface area contributed by atoms with Gasteiger partial charge in [0, 0.05) is 38.1 Å². The van der Waals surface area contributed by atoms with Gasteiger partial charge in [0.25, 0.3) is 0 Å². The van der Waals surface area contributed by atoms with Crippen molar-refractivity contribution in [1.29, 1.82) is 0 Å². The molecule has 0 aromatic heterocycles. The van der Waals surface area contributed by atoms with Crippen LogP contribution in [0.1, 0.15) is 94.9 Å². The van der Waals surface area contributed by atoms with Gasteiger partial charge in [0.2, 0.25) is 0 Å². The van der Waals surface area contributed by atoms with E-state index in [-0.39, 0.29) is 37.3 Å². The summed E-state index contributed by atoms with van der Waals surface area (Å²) in [5.74, 6) is -2.58. The molecule has 14 heteroatoms. The number of cyclic esters (lactones) is 1. The predicted molar refractivity (Wildman–Crippen MR) is 194 cm³/mol. The summed E-state index contributed by atoms with van der Waals surface area (Å²) in [6.45, 7) is 18.0. The van der Waals surface area contributed by atoms with Crippen LogP contribution < -0.4 is 0 Å². The van der Waals surface area contributed by atoms with Gasteiger partial charge in [0.05, 0.1) is 41.5 Å². The molecule has 18 atom stereocenters. The number of esters is 1. The number of ether oxygens (including phenoxy) is 6. The van der Waals surface area contributed by atoms with Crippen LogP contribution in [-0.2, 0) is 33.2 Å². The lowest BCUT2D eigenvalue weighted by atomic mass is 9.77. The zero-order chi connectivity index (χ0) is 39.7. The smallest absolute Gasteiger partial charge is 0.311 e. The van der Waals surface area contributed by atoms with Gasteiger partial charge in [0.15, 0.2) is 12.6 Å². The first-order valence-electron chi connectivity index (χ1n) is 19.1. The van der Waals surface area contributed by atoms with E-state index >= 15 is 0 Å². The van der Waals surface area contributed by atoms with Crippen LogP contribution in [0.15, 0.2) is 0 Å². The molecule has 0 radical (unpaired) electrons. The third kappa shape index (κ3) is 10.0. The number of aliphatic hydroxyl groups is 5. The quantitative estimate of drug-likeness (QED) is 0.238. The van der Waals surface area contributed by atoms with E-state index in [9.17, 15) is 30.3 Å². The van der Waals surface area contributed by atoms with Gasteiger partial charge >= 0.3 is 5.97 Å². The number of aliphatic hydroxyl groups excluding tert-OH is 3. The lowest BCUT2D eigenvalue weighted by molar-refractivity contribution is -0.318. The van der Waals surface area contributed by atoms with Gasteiger partial charge in [0.1, 0.15) is 30.0 Å². The Kier molecular flexibility index (Phi) is 15.6. The monoisotopic (exact) mass is 749 g/mol. The molecule has 3 heterocycles. The zero-order valence-electron chi connectivity index (χ0n) is 34.2. The predicted octanol–water partition coefficient (Wildman–Crippen LogP) is 1.90. The third-order valence-corrected chi connectivity index (χ3v) is 12.2. The van der Waals surface area contributed by atoms with Gasteiger partial charge in [-0.05, 0) is 94.8 Å². The average Bonchev–Trinajstić information content (AvgIpc) is 3.05. The van der Waals surface area contributed by atoms with Crippen LogP contribution in [0.4, 0.5) is 0 Å². The standard InChI is InChI=1S/C38H72N2O12/c1-15-27-38(10,46)31(42)24(6)40(13)19-20(2)17-36(8,45)33(52-35-29(41)26(39(11)12)16-21(3)48-35)22(4)30(23(5)34(44)50-27)51-28-18-37(9,47-14)32(43)25(7)49-28/h20-33,35,41-43,45-46H,15-19H2,1-14H3/t20-,21?,22+,23+,24+,25?,26?,27-,28?,29?,30+,31+,32?,33-,35?,36?,37?,38?/m1/s1. The molecule has 0 bridgehead atoms. The second-order valence-electron chi connectivity index (χ2n) is 17.2. The molecule has 3 aliphatic heterocycles. The second-order valence-corrected chi connectivity index (χ2v) is 17.2. The number of rotatable bonds is 7. The minimum Gasteiger partial charge on any atom is -0.459 e. The van der Waals surface area contributed by atoms with Crippen LogP contribution in [0.5, 0.6) is 0 Å². The summed E-state index contributed by atoms with van der Waals surface area (Å²) in [6.07, 6.45) is -8.19. The summed E-state index contributed by atoms with van der Waals surface area (Å²) in [6, 6.07) is -0.808. The van der Waals surface area contributed by atoms with Gasteiger partial charge in [-0.2, -0.15) is 0 Å². The maximum Gasteiger partial charge on any atom is 0.311 e. The fraction of sp³-hybridized carbons (Fsp3) is 0.974. The minimum atomic E-state index is -1.80.